The molecule has 0 spiro atoms. The molecule has 3 heterocycles. The molecule has 1 aliphatic heterocycles. The second kappa shape index (κ2) is 9.87. The van der Waals surface area contributed by atoms with Crippen LogP contribution >= 0.6 is 0 Å². The molecule has 1 saturated heterocycles. The third-order valence-corrected chi connectivity index (χ3v) is 5.34. The zero-order valence-corrected chi connectivity index (χ0v) is 18.0. The molecule has 2 aromatic heterocycles. The first-order valence-corrected chi connectivity index (χ1v) is 10.9. The number of benzene rings is 1. The quantitative estimate of drug-likeness (QED) is 0.374. The maximum atomic E-state index is 13.3. The summed E-state index contributed by atoms with van der Waals surface area (Å²) in [4.78, 5) is 7.09. The van der Waals surface area contributed by atoms with Crippen LogP contribution in [0.1, 0.15) is 37.8 Å². The van der Waals surface area contributed by atoms with Crippen molar-refractivity contribution in [3.05, 3.63) is 65.9 Å². The van der Waals surface area contributed by atoms with Crippen LogP contribution in [0.15, 0.2) is 53.7 Å². The standard InChI is InChI=1S/C23H29FN6O/c1-3-25-23(26-13-6-8-22-28-27-21-7-4-5-14-30(21)22)29-15-17(2)31-20(16-29)18-9-11-19(24)12-10-18/h4-5,7,9-12,14,17,20H,3,6,8,13,15-16H2,1-2H3,(H,25,26). The van der Waals surface area contributed by atoms with Gasteiger partial charge in [-0.3, -0.25) is 9.39 Å². The van der Waals surface area contributed by atoms with Crippen molar-refractivity contribution in [3.8, 4) is 0 Å². The van der Waals surface area contributed by atoms with Gasteiger partial charge in [0.15, 0.2) is 11.6 Å². The summed E-state index contributed by atoms with van der Waals surface area (Å²) in [6, 6.07) is 12.5. The third kappa shape index (κ3) is 5.19. The summed E-state index contributed by atoms with van der Waals surface area (Å²) in [5, 5.41) is 11.9. The molecule has 1 fully saturated rings. The lowest BCUT2D eigenvalue weighted by Crippen LogP contribution is -2.50. The fourth-order valence-corrected chi connectivity index (χ4v) is 3.90. The maximum absolute atomic E-state index is 13.3. The highest BCUT2D eigenvalue weighted by Gasteiger charge is 2.28. The summed E-state index contributed by atoms with van der Waals surface area (Å²) in [5.41, 5.74) is 1.84. The minimum absolute atomic E-state index is 0.0509. The molecule has 0 amide bonds. The Morgan fingerprint density at radius 3 is 2.84 bits per heavy atom. The molecule has 0 bridgehead atoms. The molecular weight excluding hydrogens is 395 g/mol. The Bertz CT molecular complexity index is 1020. The van der Waals surface area contributed by atoms with E-state index in [4.69, 9.17) is 9.73 Å². The highest BCUT2D eigenvalue weighted by Crippen LogP contribution is 2.25. The van der Waals surface area contributed by atoms with Crippen molar-refractivity contribution in [2.24, 2.45) is 4.99 Å². The normalized spacial score (nSPS) is 19.7. The molecule has 8 heteroatoms. The predicted molar refractivity (Wildman–Crippen MR) is 119 cm³/mol. The molecule has 164 valence electrons. The lowest BCUT2D eigenvalue weighted by molar-refractivity contribution is -0.0605. The zero-order chi connectivity index (χ0) is 21.6. The van der Waals surface area contributed by atoms with E-state index in [9.17, 15) is 4.39 Å². The van der Waals surface area contributed by atoms with E-state index in [1.807, 2.05) is 28.8 Å². The third-order valence-electron chi connectivity index (χ3n) is 5.34. The Hall–Kier alpha value is -3.00. The lowest BCUT2D eigenvalue weighted by atomic mass is 10.1. The van der Waals surface area contributed by atoms with Crippen LogP contribution in [0.2, 0.25) is 0 Å². The Labute approximate surface area is 182 Å². The van der Waals surface area contributed by atoms with Crippen molar-refractivity contribution < 1.29 is 9.13 Å². The van der Waals surface area contributed by atoms with E-state index < -0.39 is 0 Å². The number of hydrogen-bond donors (Lipinski definition) is 1. The number of nitrogens with one attached hydrogen (secondary N) is 1. The number of ether oxygens (including phenoxy) is 1. The largest absolute Gasteiger partial charge is 0.367 e. The van der Waals surface area contributed by atoms with Crippen LogP contribution in [0.5, 0.6) is 0 Å². The molecule has 1 N–H and O–H groups in total. The van der Waals surface area contributed by atoms with E-state index in [0.29, 0.717) is 13.1 Å². The minimum atomic E-state index is -0.236. The molecule has 4 rings (SSSR count). The molecule has 1 aromatic carbocycles. The average molecular weight is 425 g/mol. The number of pyridine rings is 1. The number of aromatic nitrogens is 3. The van der Waals surface area contributed by atoms with Crippen LogP contribution in [0.3, 0.4) is 0 Å². The number of nitrogens with zero attached hydrogens (tertiary/aromatic N) is 5. The lowest BCUT2D eigenvalue weighted by Gasteiger charge is -2.38. The van der Waals surface area contributed by atoms with Gasteiger partial charge in [-0.05, 0) is 50.1 Å². The number of guanidine groups is 1. The van der Waals surface area contributed by atoms with Gasteiger partial charge >= 0.3 is 0 Å². The highest BCUT2D eigenvalue weighted by atomic mass is 19.1. The smallest absolute Gasteiger partial charge is 0.194 e. The predicted octanol–water partition coefficient (Wildman–Crippen LogP) is 3.23. The Morgan fingerprint density at radius 1 is 1.19 bits per heavy atom. The number of hydrogen-bond acceptors (Lipinski definition) is 4. The summed E-state index contributed by atoms with van der Waals surface area (Å²) in [5.74, 6) is 1.60. The first-order valence-electron chi connectivity index (χ1n) is 10.9. The van der Waals surface area contributed by atoms with E-state index in [0.717, 1.165) is 48.9 Å². The van der Waals surface area contributed by atoms with Gasteiger partial charge in [-0.25, -0.2) is 4.39 Å². The van der Waals surface area contributed by atoms with E-state index >= 15 is 0 Å². The van der Waals surface area contributed by atoms with Crippen LogP contribution in [0.25, 0.3) is 5.65 Å². The van der Waals surface area contributed by atoms with Gasteiger partial charge in [-0.15, -0.1) is 10.2 Å². The Morgan fingerprint density at radius 2 is 2.03 bits per heavy atom. The number of aryl methyl sites for hydroxylation is 1. The number of morpholine rings is 1. The van der Waals surface area contributed by atoms with Gasteiger partial charge < -0.3 is 15.0 Å². The first kappa shape index (κ1) is 21.2. The van der Waals surface area contributed by atoms with Gasteiger partial charge in [0.05, 0.1) is 12.6 Å². The molecular formula is C23H29FN6O. The van der Waals surface area contributed by atoms with Crippen molar-refractivity contribution in [2.45, 2.75) is 38.9 Å². The second-order valence-electron chi connectivity index (χ2n) is 7.78. The molecule has 1 aliphatic rings. The molecule has 2 atom stereocenters. The summed E-state index contributed by atoms with van der Waals surface area (Å²) >= 11 is 0. The average Bonchev–Trinajstić information content (AvgIpc) is 3.19. The monoisotopic (exact) mass is 424 g/mol. The van der Waals surface area contributed by atoms with Gasteiger partial charge in [0.25, 0.3) is 0 Å². The van der Waals surface area contributed by atoms with E-state index in [1.165, 1.54) is 12.1 Å². The van der Waals surface area contributed by atoms with Gasteiger partial charge in [-0.1, -0.05) is 18.2 Å². The molecule has 2 unspecified atom stereocenters. The van der Waals surface area contributed by atoms with Crippen LogP contribution in [-0.4, -0.2) is 57.7 Å². The van der Waals surface area contributed by atoms with E-state index in [-0.39, 0.29) is 18.0 Å². The van der Waals surface area contributed by atoms with Crippen molar-refractivity contribution in [1.82, 2.24) is 24.8 Å². The molecule has 0 saturated carbocycles. The number of aliphatic imine (C=N–C) groups is 1. The molecule has 3 aromatic rings. The van der Waals surface area contributed by atoms with Gasteiger partial charge in [0.2, 0.25) is 0 Å². The summed E-state index contributed by atoms with van der Waals surface area (Å²) < 4.78 is 21.4. The van der Waals surface area contributed by atoms with Crippen molar-refractivity contribution in [2.75, 3.05) is 26.2 Å². The second-order valence-corrected chi connectivity index (χ2v) is 7.78. The van der Waals surface area contributed by atoms with Gasteiger partial charge in [0.1, 0.15) is 17.7 Å². The number of fused-ring (bicyclic) bond motifs is 1. The van der Waals surface area contributed by atoms with Crippen molar-refractivity contribution >= 4 is 11.6 Å². The summed E-state index contributed by atoms with van der Waals surface area (Å²) in [6.45, 7) is 7.05. The Balaban J connectivity index is 1.40. The van der Waals surface area contributed by atoms with Crippen LogP contribution in [-0.2, 0) is 11.2 Å². The highest BCUT2D eigenvalue weighted by molar-refractivity contribution is 5.80. The fraction of sp³-hybridized carbons (Fsp3) is 0.435. The van der Waals surface area contributed by atoms with E-state index in [2.05, 4.69) is 34.3 Å². The summed E-state index contributed by atoms with van der Waals surface area (Å²) in [7, 11) is 0. The van der Waals surface area contributed by atoms with Crippen molar-refractivity contribution in [1.29, 1.82) is 0 Å². The SMILES string of the molecule is CCNC(=NCCCc1nnc2ccccn12)N1CC(C)OC(c2ccc(F)cc2)C1. The topological polar surface area (TPSA) is 67.0 Å². The molecule has 7 nitrogen and oxygen atoms in total. The Kier molecular flexibility index (Phi) is 6.76. The maximum Gasteiger partial charge on any atom is 0.194 e. The molecule has 0 radical (unpaired) electrons. The first-order chi connectivity index (χ1) is 15.1. The molecule has 0 aliphatic carbocycles. The summed E-state index contributed by atoms with van der Waals surface area (Å²) in [6.07, 6.45) is 3.62. The van der Waals surface area contributed by atoms with Crippen LogP contribution in [0, 0.1) is 5.82 Å². The van der Waals surface area contributed by atoms with Gasteiger partial charge in [-0.2, -0.15) is 0 Å². The van der Waals surface area contributed by atoms with Crippen LogP contribution in [0.4, 0.5) is 4.39 Å². The molecule has 31 heavy (non-hydrogen) atoms. The number of halogens is 1. The van der Waals surface area contributed by atoms with E-state index in [1.54, 1.807) is 12.1 Å². The minimum Gasteiger partial charge on any atom is -0.367 e. The van der Waals surface area contributed by atoms with Gasteiger partial charge in [0, 0.05) is 32.3 Å². The number of rotatable bonds is 6. The fourth-order valence-electron chi connectivity index (χ4n) is 3.90. The zero-order valence-electron chi connectivity index (χ0n) is 18.0. The van der Waals surface area contributed by atoms with Crippen molar-refractivity contribution in [3.63, 3.8) is 0 Å². The van der Waals surface area contributed by atoms with Crippen LogP contribution < -0.4 is 5.32 Å².